The number of nitrogens with one attached hydrogen (secondary N) is 1. The smallest absolute Gasteiger partial charge is 0.404 e. The standard InChI is InChI=1S/C16H22BrF3N4O3S/c17-12-5-6-13(27-16(18,19)20)14(7-12)28(25,26)24-9-11-3-1-10(2-4-11)8-23-15(21)22/h5-7,10-11,24H,1-4,8-9H2,(H4,21,22,23). The molecule has 0 spiro atoms. The second kappa shape index (κ2) is 9.31. The summed E-state index contributed by atoms with van der Waals surface area (Å²) in [5, 5.41) is 0. The summed E-state index contributed by atoms with van der Waals surface area (Å²) in [4.78, 5) is 3.43. The van der Waals surface area contributed by atoms with Gasteiger partial charge in [-0.1, -0.05) is 15.9 Å². The highest BCUT2D eigenvalue weighted by Crippen LogP contribution is 2.33. The Morgan fingerprint density at radius 1 is 1.21 bits per heavy atom. The minimum atomic E-state index is -4.99. The summed E-state index contributed by atoms with van der Waals surface area (Å²) in [6.07, 6.45) is -1.74. The molecule has 0 amide bonds. The van der Waals surface area contributed by atoms with Gasteiger partial charge in [-0.2, -0.15) is 0 Å². The summed E-state index contributed by atoms with van der Waals surface area (Å²) in [6, 6.07) is 3.31. The number of alkyl halides is 3. The number of rotatable bonds is 7. The number of benzene rings is 1. The molecule has 0 saturated heterocycles. The van der Waals surface area contributed by atoms with Gasteiger partial charge >= 0.3 is 6.36 Å². The summed E-state index contributed by atoms with van der Waals surface area (Å²) in [5.41, 5.74) is 10.6. The molecule has 0 unspecified atom stereocenters. The van der Waals surface area contributed by atoms with Crippen molar-refractivity contribution in [2.45, 2.75) is 36.9 Å². The molecule has 1 aromatic rings. The highest BCUT2D eigenvalue weighted by Gasteiger charge is 2.34. The molecule has 2 rings (SSSR count). The third-order valence-electron chi connectivity index (χ3n) is 4.48. The van der Waals surface area contributed by atoms with Crippen LogP contribution in [0.1, 0.15) is 25.7 Å². The lowest BCUT2D eigenvalue weighted by atomic mass is 9.82. The summed E-state index contributed by atoms with van der Waals surface area (Å²) in [5.74, 6) is -0.305. The maximum absolute atomic E-state index is 12.6. The van der Waals surface area contributed by atoms with Crippen molar-refractivity contribution in [3.05, 3.63) is 22.7 Å². The van der Waals surface area contributed by atoms with Crippen molar-refractivity contribution in [2.75, 3.05) is 13.1 Å². The van der Waals surface area contributed by atoms with Crippen LogP contribution >= 0.6 is 15.9 Å². The Hall–Kier alpha value is -1.53. The van der Waals surface area contributed by atoms with Crippen molar-refractivity contribution < 1.29 is 26.3 Å². The van der Waals surface area contributed by atoms with Crippen LogP contribution in [-0.2, 0) is 10.0 Å². The van der Waals surface area contributed by atoms with Crippen LogP contribution in [0.4, 0.5) is 13.2 Å². The largest absolute Gasteiger partial charge is 0.573 e. The molecule has 7 nitrogen and oxygen atoms in total. The van der Waals surface area contributed by atoms with Gasteiger partial charge in [0.1, 0.15) is 10.6 Å². The van der Waals surface area contributed by atoms with Gasteiger partial charge < -0.3 is 16.2 Å². The average molecular weight is 487 g/mol. The van der Waals surface area contributed by atoms with Gasteiger partial charge in [-0.15, -0.1) is 13.2 Å². The van der Waals surface area contributed by atoms with Gasteiger partial charge in [0.05, 0.1) is 0 Å². The van der Waals surface area contributed by atoms with E-state index in [1.54, 1.807) is 0 Å². The van der Waals surface area contributed by atoms with Crippen LogP contribution in [0.2, 0.25) is 0 Å². The van der Waals surface area contributed by atoms with Gasteiger partial charge in [-0.05, 0) is 55.7 Å². The number of nitrogens with zero attached hydrogens (tertiary/aromatic N) is 1. The first-order chi connectivity index (χ1) is 13.0. The molecule has 28 heavy (non-hydrogen) atoms. The van der Waals surface area contributed by atoms with E-state index in [9.17, 15) is 21.6 Å². The highest BCUT2D eigenvalue weighted by atomic mass is 79.9. The number of halogens is 4. The molecule has 0 aliphatic heterocycles. The number of aliphatic imine (C=N–C) groups is 1. The molecular weight excluding hydrogens is 465 g/mol. The molecule has 0 heterocycles. The average Bonchev–Trinajstić information content (AvgIpc) is 2.59. The number of guanidine groups is 1. The Labute approximate surface area is 169 Å². The zero-order valence-electron chi connectivity index (χ0n) is 14.9. The van der Waals surface area contributed by atoms with Crippen molar-refractivity contribution >= 4 is 31.9 Å². The van der Waals surface area contributed by atoms with E-state index in [-0.39, 0.29) is 18.4 Å². The molecule has 1 saturated carbocycles. The first kappa shape index (κ1) is 22.8. The van der Waals surface area contributed by atoms with Crippen molar-refractivity contribution in [1.29, 1.82) is 0 Å². The monoisotopic (exact) mass is 486 g/mol. The Morgan fingerprint density at radius 2 is 1.82 bits per heavy atom. The first-order valence-electron chi connectivity index (χ1n) is 8.56. The molecule has 0 atom stereocenters. The van der Waals surface area contributed by atoms with Crippen LogP contribution in [-0.4, -0.2) is 33.8 Å². The predicted molar refractivity (Wildman–Crippen MR) is 102 cm³/mol. The van der Waals surface area contributed by atoms with Gasteiger partial charge in [-0.25, -0.2) is 13.1 Å². The fraction of sp³-hybridized carbons (Fsp3) is 0.562. The minimum absolute atomic E-state index is 0.0424. The number of hydrogen-bond donors (Lipinski definition) is 3. The third kappa shape index (κ3) is 7.13. The summed E-state index contributed by atoms with van der Waals surface area (Å²) in [6.45, 7) is 0.673. The molecule has 1 aromatic carbocycles. The van der Waals surface area contributed by atoms with Crippen LogP contribution in [0, 0.1) is 11.8 Å². The Morgan fingerprint density at radius 3 is 2.39 bits per heavy atom. The van der Waals surface area contributed by atoms with Crippen molar-refractivity contribution in [3.63, 3.8) is 0 Å². The van der Waals surface area contributed by atoms with Gasteiger partial charge in [0.25, 0.3) is 0 Å². The molecular formula is C16H22BrF3N4O3S. The van der Waals surface area contributed by atoms with Crippen molar-refractivity contribution in [2.24, 2.45) is 28.3 Å². The summed E-state index contributed by atoms with van der Waals surface area (Å²) in [7, 11) is -4.18. The Kier molecular flexibility index (Phi) is 7.57. The molecule has 0 aromatic heterocycles. The SMILES string of the molecule is NC(N)=NCC1CCC(CNS(=O)(=O)c2cc(Br)ccc2OC(F)(F)F)CC1. The zero-order chi connectivity index (χ0) is 20.9. The van der Waals surface area contributed by atoms with E-state index in [2.05, 4.69) is 30.4 Å². The van der Waals surface area contributed by atoms with E-state index in [4.69, 9.17) is 11.5 Å². The Bertz CT molecular complexity index is 806. The fourth-order valence-electron chi connectivity index (χ4n) is 3.06. The molecule has 1 fully saturated rings. The molecule has 158 valence electrons. The molecule has 12 heteroatoms. The number of nitrogens with two attached hydrogens (primary N) is 2. The lowest BCUT2D eigenvalue weighted by Crippen LogP contribution is -2.32. The van der Waals surface area contributed by atoms with Gasteiger partial charge in [0.15, 0.2) is 5.96 Å². The van der Waals surface area contributed by atoms with Gasteiger partial charge in [-0.3, -0.25) is 4.99 Å². The van der Waals surface area contributed by atoms with E-state index >= 15 is 0 Å². The molecule has 5 N–H and O–H groups in total. The van der Waals surface area contributed by atoms with Crippen LogP contribution in [0.15, 0.2) is 32.6 Å². The van der Waals surface area contributed by atoms with Crippen LogP contribution < -0.4 is 20.9 Å². The van der Waals surface area contributed by atoms with Crippen LogP contribution in [0.25, 0.3) is 0 Å². The number of ether oxygens (including phenoxy) is 1. The van der Waals surface area contributed by atoms with Crippen molar-refractivity contribution in [3.8, 4) is 5.75 Å². The molecule has 0 radical (unpaired) electrons. The van der Waals surface area contributed by atoms with Gasteiger partial charge in [0, 0.05) is 17.6 Å². The molecule has 1 aliphatic rings. The third-order valence-corrected chi connectivity index (χ3v) is 6.42. The van der Waals surface area contributed by atoms with E-state index in [0.717, 1.165) is 37.8 Å². The molecule has 1 aliphatic carbocycles. The second-order valence-electron chi connectivity index (χ2n) is 6.64. The normalized spacial score (nSPS) is 20.6. The van der Waals surface area contributed by atoms with Crippen LogP contribution in [0.5, 0.6) is 5.75 Å². The van der Waals surface area contributed by atoms with Crippen LogP contribution in [0.3, 0.4) is 0 Å². The quantitative estimate of drug-likeness (QED) is 0.404. The maximum atomic E-state index is 12.6. The lowest BCUT2D eigenvalue weighted by molar-refractivity contribution is -0.275. The van der Waals surface area contributed by atoms with E-state index < -0.39 is 27.0 Å². The fourth-order valence-corrected chi connectivity index (χ4v) is 4.84. The van der Waals surface area contributed by atoms with Gasteiger partial charge in [0.2, 0.25) is 10.0 Å². The van der Waals surface area contributed by atoms with E-state index in [1.165, 1.54) is 6.07 Å². The number of sulfonamides is 1. The lowest BCUT2D eigenvalue weighted by Gasteiger charge is -2.27. The minimum Gasteiger partial charge on any atom is -0.404 e. The molecule has 0 bridgehead atoms. The van der Waals surface area contributed by atoms with E-state index in [0.29, 0.717) is 16.9 Å². The first-order valence-corrected chi connectivity index (χ1v) is 10.8. The predicted octanol–water partition coefficient (Wildman–Crippen LogP) is 2.71. The maximum Gasteiger partial charge on any atom is 0.573 e. The topological polar surface area (TPSA) is 120 Å². The number of hydrogen-bond acceptors (Lipinski definition) is 4. The Balaban J connectivity index is 2.00. The summed E-state index contributed by atoms with van der Waals surface area (Å²) >= 11 is 3.07. The zero-order valence-corrected chi connectivity index (χ0v) is 17.3. The summed E-state index contributed by atoms with van der Waals surface area (Å²) < 4.78 is 69.4. The second-order valence-corrected chi connectivity index (χ2v) is 9.29. The van der Waals surface area contributed by atoms with Crippen molar-refractivity contribution in [1.82, 2.24) is 4.72 Å². The highest BCUT2D eigenvalue weighted by molar-refractivity contribution is 9.10. The van der Waals surface area contributed by atoms with E-state index in [1.807, 2.05) is 0 Å².